The number of hydrogen-bond donors (Lipinski definition) is 0. The van der Waals surface area contributed by atoms with Crippen molar-refractivity contribution in [1.29, 1.82) is 0 Å². The van der Waals surface area contributed by atoms with Crippen molar-refractivity contribution in [2.45, 2.75) is 0 Å². The summed E-state index contributed by atoms with van der Waals surface area (Å²) in [6, 6.07) is 18.0. The number of benzene rings is 2. The maximum Gasteiger partial charge on any atom is 0.0663 e. The van der Waals surface area contributed by atoms with Gasteiger partial charge in [-0.05, 0) is 0 Å². The third-order valence-electron chi connectivity index (χ3n) is 2.04. The molecule has 2 rings (SSSR count). The third kappa shape index (κ3) is 2.83. The van der Waals surface area contributed by atoms with Gasteiger partial charge in [-0.15, -0.1) is 53.1 Å². The normalized spacial score (nSPS) is 9.07. The maximum atomic E-state index is 10.7. The van der Waals surface area contributed by atoms with Gasteiger partial charge < -0.3 is 4.79 Å². The summed E-state index contributed by atoms with van der Waals surface area (Å²) in [5.41, 5.74) is 2.38. The van der Waals surface area contributed by atoms with E-state index in [-0.39, 0.29) is 32.7 Å². The van der Waals surface area contributed by atoms with E-state index in [9.17, 15) is 4.79 Å². The summed E-state index contributed by atoms with van der Waals surface area (Å²) in [5.74, 6) is 0. The maximum absolute atomic E-state index is 10.7. The third-order valence-corrected chi connectivity index (χ3v) is 2.04. The molecule has 0 amide bonds. The molecular weight excluding hydrogens is 261 g/mol. The van der Waals surface area contributed by atoms with E-state index < -0.39 is 0 Å². The van der Waals surface area contributed by atoms with Crippen LogP contribution in [0.4, 0.5) is 0 Å². The molecule has 0 aliphatic carbocycles. The first-order chi connectivity index (χ1) is 6.92. The number of hydrogen-bond acceptors (Lipinski definition) is 1. The van der Waals surface area contributed by atoms with Crippen LogP contribution in [-0.2, 0) is 37.5 Å². The second kappa shape index (κ2) is 5.94. The van der Waals surface area contributed by atoms with E-state index in [1.165, 1.54) is 0 Å². The summed E-state index contributed by atoms with van der Waals surface area (Å²) in [5, 5.41) is 0. The van der Waals surface area contributed by atoms with Crippen LogP contribution < -0.4 is 0 Å². The zero-order chi connectivity index (χ0) is 9.80. The van der Waals surface area contributed by atoms with Gasteiger partial charge in [0.05, 0.1) is 6.29 Å². The molecule has 0 fully saturated rings. The second-order valence-electron chi connectivity index (χ2n) is 2.92. The van der Waals surface area contributed by atoms with E-state index in [0.717, 1.165) is 11.1 Å². The van der Waals surface area contributed by atoms with E-state index in [4.69, 9.17) is 0 Å². The van der Waals surface area contributed by atoms with Gasteiger partial charge in [0.1, 0.15) is 0 Å². The van der Waals surface area contributed by atoms with E-state index in [1.54, 1.807) is 6.07 Å². The Bertz CT molecular complexity index is 437. The molecule has 2 aromatic rings. The predicted octanol–water partition coefficient (Wildman–Crippen LogP) is 2.61. The van der Waals surface area contributed by atoms with Crippen LogP contribution in [-0.4, -0.2) is 6.29 Å². The zero-order valence-corrected chi connectivity index (χ0v) is 10.9. The van der Waals surface area contributed by atoms with Crippen LogP contribution in [0.1, 0.15) is 5.56 Å². The van der Waals surface area contributed by atoms with Crippen LogP contribution in [0.3, 0.4) is 0 Å². The van der Waals surface area contributed by atoms with Crippen molar-refractivity contribution in [3.8, 4) is 11.1 Å². The van der Waals surface area contributed by atoms with Crippen molar-refractivity contribution in [3.05, 3.63) is 60.2 Å². The summed E-state index contributed by atoms with van der Waals surface area (Å²) < 4.78 is 0. The summed E-state index contributed by atoms with van der Waals surface area (Å²) in [4.78, 5) is 10.7. The molecule has 1 radical (unpaired) electrons. The Morgan fingerprint density at radius 2 is 1.73 bits per heavy atom. The molecule has 0 aliphatic rings. The first kappa shape index (κ1) is 12.3. The van der Waals surface area contributed by atoms with Crippen molar-refractivity contribution in [1.82, 2.24) is 0 Å². The topological polar surface area (TPSA) is 17.1 Å². The monoisotopic (exact) mass is 269 g/mol. The van der Waals surface area contributed by atoms with E-state index in [0.29, 0.717) is 5.56 Å². The number of carbonyl (C=O) groups excluding carboxylic acids is 1. The van der Waals surface area contributed by atoms with Crippen molar-refractivity contribution in [2.75, 3.05) is 0 Å². The van der Waals surface area contributed by atoms with Gasteiger partial charge in [0, 0.05) is 32.7 Å². The molecule has 2 aromatic carbocycles. The smallest absolute Gasteiger partial charge is 0.0663 e. The molecule has 0 saturated carbocycles. The Labute approximate surface area is 114 Å². The van der Waals surface area contributed by atoms with Gasteiger partial charge in [0.2, 0.25) is 0 Å². The van der Waals surface area contributed by atoms with Crippen molar-refractivity contribution in [3.63, 3.8) is 0 Å². The average Bonchev–Trinajstić information content (AvgIpc) is 2.30. The predicted molar refractivity (Wildman–Crippen MR) is 55.5 cm³/mol. The molecule has 0 N–H and O–H groups in total. The first-order valence-electron chi connectivity index (χ1n) is 4.36. The average molecular weight is 269 g/mol. The van der Waals surface area contributed by atoms with Crippen LogP contribution in [0.15, 0.2) is 48.5 Å². The Kier molecular flexibility index (Phi) is 4.87. The van der Waals surface area contributed by atoms with Crippen LogP contribution in [0.5, 0.6) is 0 Å². The molecule has 1 nitrogen and oxygen atoms in total. The van der Waals surface area contributed by atoms with E-state index in [2.05, 4.69) is 6.07 Å². The van der Waals surface area contributed by atoms with Crippen LogP contribution in [0.25, 0.3) is 11.1 Å². The Morgan fingerprint density at radius 1 is 1.00 bits per heavy atom. The molecule has 0 atom stereocenters. The minimum absolute atomic E-state index is 0. The van der Waals surface area contributed by atoms with Gasteiger partial charge in [-0.2, -0.15) is 6.07 Å². The fraction of sp³-hybridized carbons (Fsp3) is 0. The fourth-order valence-electron chi connectivity index (χ4n) is 1.37. The molecule has 0 aromatic heterocycles. The minimum Gasteiger partial charge on any atom is -0.376 e. The Balaban J connectivity index is 0.00000112. The largest absolute Gasteiger partial charge is 0.376 e. The zero-order valence-electron chi connectivity index (χ0n) is 8.10. The molecule has 0 saturated heterocycles. The van der Waals surface area contributed by atoms with Crippen molar-refractivity contribution < 1.29 is 37.5 Å². The van der Waals surface area contributed by atoms with E-state index in [1.807, 2.05) is 48.8 Å². The standard InChI is InChI=1S/C13H8O.Y/c14-10-12-8-4-5-9-13(12)11-6-2-1-3-7-11;/h1-6,8-9H;/q-2;. The van der Waals surface area contributed by atoms with Gasteiger partial charge in [-0.25, -0.2) is 0 Å². The first-order valence-corrected chi connectivity index (χ1v) is 4.36. The summed E-state index contributed by atoms with van der Waals surface area (Å²) in [6.45, 7) is 0. The van der Waals surface area contributed by atoms with Gasteiger partial charge in [-0.3, -0.25) is 0 Å². The molecule has 0 aliphatic heterocycles. The van der Waals surface area contributed by atoms with Crippen LogP contribution in [0.2, 0.25) is 0 Å². The SMILES string of the molecule is O=[C-]c1ccccc1-c1[c-]cccc1.[Y]. The molecule has 15 heavy (non-hydrogen) atoms. The van der Waals surface area contributed by atoms with Gasteiger partial charge >= 0.3 is 0 Å². The molecule has 0 heterocycles. The molecular formula is C13H8OY-2. The summed E-state index contributed by atoms with van der Waals surface area (Å²) in [6.07, 6.45) is 1.92. The fourth-order valence-corrected chi connectivity index (χ4v) is 1.37. The molecule has 0 spiro atoms. The van der Waals surface area contributed by atoms with Crippen LogP contribution >= 0.6 is 0 Å². The molecule has 0 bridgehead atoms. The van der Waals surface area contributed by atoms with Crippen molar-refractivity contribution in [2.24, 2.45) is 0 Å². The van der Waals surface area contributed by atoms with E-state index >= 15 is 0 Å². The van der Waals surface area contributed by atoms with Crippen LogP contribution in [0, 0.1) is 6.07 Å². The van der Waals surface area contributed by atoms with Crippen molar-refractivity contribution >= 4 is 6.29 Å². The van der Waals surface area contributed by atoms with Gasteiger partial charge in [-0.1, -0.05) is 12.1 Å². The van der Waals surface area contributed by atoms with Gasteiger partial charge in [0.15, 0.2) is 0 Å². The minimum atomic E-state index is 0. The molecule has 71 valence electrons. The second-order valence-corrected chi connectivity index (χ2v) is 2.92. The molecule has 0 unspecified atom stereocenters. The molecule has 2 heteroatoms. The van der Waals surface area contributed by atoms with Gasteiger partial charge in [0.25, 0.3) is 0 Å². The quantitative estimate of drug-likeness (QED) is 0.766. The number of rotatable bonds is 2. The Hall–Kier alpha value is -0.786. The Morgan fingerprint density at radius 3 is 2.40 bits per heavy atom. The summed E-state index contributed by atoms with van der Waals surface area (Å²) >= 11 is 0. The summed E-state index contributed by atoms with van der Waals surface area (Å²) in [7, 11) is 0.